The molecule has 0 aliphatic carbocycles. The molecule has 3 heteroatoms. The zero-order valence-electron chi connectivity index (χ0n) is 9.70. The summed E-state index contributed by atoms with van der Waals surface area (Å²) < 4.78 is 13.4. The standard InChI is InChI=1S/C14H12FNO/c1-9-3-4-11(8-13(9)15)14(17)12-5-6-16-10(2)7-12/h3-8H,1-2H3. The summed E-state index contributed by atoms with van der Waals surface area (Å²) in [5.41, 5.74) is 2.19. The molecule has 86 valence electrons. The number of halogens is 1. The van der Waals surface area contributed by atoms with E-state index in [1.165, 1.54) is 6.07 Å². The number of pyridine rings is 1. The Morgan fingerprint density at radius 1 is 1.12 bits per heavy atom. The van der Waals surface area contributed by atoms with Gasteiger partial charge in [-0.1, -0.05) is 12.1 Å². The van der Waals surface area contributed by atoms with E-state index in [9.17, 15) is 9.18 Å². The Hall–Kier alpha value is -2.03. The van der Waals surface area contributed by atoms with Crippen molar-refractivity contribution in [2.24, 2.45) is 0 Å². The number of carbonyl (C=O) groups is 1. The van der Waals surface area contributed by atoms with E-state index >= 15 is 0 Å². The van der Waals surface area contributed by atoms with Crippen LogP contribution in [0.2, 0.25) is 0 Å². The van der Waals surface area contributed by atoms with E-state index in [2.05, 4.69) is 4.98 Å². The van der Waals surface area contributed by atoms with Crippen molar-refractivity contribution >= 4 is 5.78 Å². The van der Waals surface area contributed by atoms with E-state index < -0.39 is 0 Å². The van der Waals surface area contributed by atoms with Gasteiger partial charge in [0, 0.05) is 23.0 Å². The predicted octanol–water partition coefficient (Wildman–Crippen LogP) is 3.07. The topological polar surface area (TPSA) is 30.0 Å². The van der Waals surface area contributed by atoms with Crippen LogP contribution in [0.4, 0.5) is 4.39 Å². The molecule has 0 bridgehead atoms. The van der Waals surface area contributed by atoms with Crippen molar-refractivity contribution in [3.05, 3.63) is 64.7 Å². The summed E-state index contributed by atoms with van der Waals surface area (Å²) >= 11 is 0. The average molecular weight is 229 g/mol. The highest BCUT2D eigenvalue weighted by molar-refractivity contribution is 6.09. The molecule has 0 aliphatic rings. The third kappa shape index (κ3) is 2.38. The monoisotopic (exact) mass is 229 g/mol. The second-order valence-electron chi connectivity index (χ2n) is 3.98. The van der Waals surface area contributed by atoms with E-state index in [4.69, 9.17) is 0 Å². The Morgan fingerprint density at radius 3 is 2.47 bits per heavy atom. The quantitative estimate of drug-likeness (QED) is 0.741. The molecule has 0 N–H and O–H groups in total. The average Bonchev–Trinajstić information content (AvgIpc) is 2.32. The first kappa shape index (κ1) is 11.5. The lowest BCUT2D eigenvalue weighted by atomic mass is 10.0. The molecule has 1 aromatic heterocycles. The van der Waals surface area contributed by atoms with Crippen molar-refractivity contribution in [3.63, 3.8) is 0 Å². The first-order chi connectivity index (χ1) is 8.08. The van der Waals surface area contributed by atoms with Crippen LogP contribution < -0.4 is 0 Å². The van der Waals surface area contributed by atoms with Crippen LogP contribution in [0.15, 0.2) is 36.5 Å². The Bertz CT molecular complexity index is 578. The van der Waals surface area contributed by atoms with Gasteiger partial charge in [-0.2, -0.15) is 0 Å². The van der Waals surface area contributed by atoms with E-state index in [-0.39, 0.29) is 11.6 Å². The minimum atomic E-state index is -0.360. The van der Waals surface area contributed by atoms with Gasteiger partial charge in [0.05, 0.1) is 0 Å². The molecule has 2 aromatic rings. The van der Waals surface area contributed by atoms with E-state index in [0.717, 1.165) is 5.69 Å². The molecule has 1 aromatic carbocycles. The lowest BCUT2D eigenvalue weighted by Crippen LogP contribution is -2.03. The minimum absolute atomic E-state index is 0.186. The number of hydrogen-bond donors (Lipinski definition) is 0. The third-order valence-electron chi connectivity index (χ3n) is 2.59. The lowest BCUT2D eigenvalue weighted by Gasteiger charge is -2.03. The van der Waals surface area contributed by atoms with Crippen molar-refractivity contribution in [1.29, 1.82) is 0 Å². The molecular weight excluding hydrogens is 217 g/mol. The molecule has 0 atom stereocenters. The fourth-order valence-corrected chi connectivity index (χ4v) is 1.59. The maximum Gasteiger partial charge on any atom is 0.193 e. The fourth-order valence-electron chi connectivity index (χ4n) is 1.59. The molecule has 0 fully saturated rings. The van der Waals surface area contributed by atoms with Crippen LogP contribution in [-0.4, -0.2) is 10.8 Å². The van der Waals surface area contributed by atoms with Crippen molar-refractivity contribution in [3.8, 4) is 0 Å². The summed E-state index contributed by atoms with van der Waals surface area (Å²) in [5, 5.41) is 0. The molecule has 0 saturated carbocycles. The summed E-state index contributed by atoms with van der Waals surface area (Å²) in [7, 11) is 0. The van der Waals surface area contributed by atoms with E-state index in [1.807, 2.05) is 6.92 Å². The molecule has 2 rings (SSSR count). The smallest absolute Gasteiger partial charge is 0.193 e. The largest absolute Gasteiger partial charge is 0.289 e. The number of benzene rings is 1. The first-order valence-corrected chi connectivity index (χ1v) is 5.31. The van der Waals surface area contributed by atoms with Crippen LogP contribution in [-0.2, 0) is 0 Å². The molecule has 0 saturated heterocycles. The molecule has 0 spiro atoms. The molecule has 0 aliphatic heterocycles. The number of carbonyl (C=O) groups excluding carboxylic acids is 1. The minimum Gasteiger partial charge on any atom is -0.289 e. The number of aryl methyl sites for hydroxylation is 2. The summed E-state index contributed by atoms with van der Waals surface area (Å²) in [6.45, 7) is 3.48. The number of rotatable bonds is 2. The Kier molecular flexibility index (Phi) is 3.00. The van der Waals surface area contributed by atoms with E-state index in [0.29, 0.717) is 16.7 Å². The highest BCUT2D eigenvalue weighted by Gasteiger charge is 2.10. The van der Waals surface area contributed by atoms with Gasteiger partial charge in [0.2, 0.25) is 0 Å². The Morgan fingerprint density at radius 2 is 1.82 bits per heavy atom. The summed E-state index contributed by atoms with van der Waals surface area (Å²) in [6, 6.07) is 7.84. The maximum absolute atomic E-state index is 13.4. The third-order valence-corrected chi connectivity index (χ3v) is 2.59. The molecule has 0 unspecified atom stereocenters. The van der Waals surface area contributed by atoms with Crippen molar-refractivity contribution < 1.29 is 9.18 Å². The van der Waals surface area contributed by atoms with Crippen LogP contribution in [0.25, 0.3) is 0 Å². The van der Waals surface area contributed by atoms with Crippen molar-refractivity contribution in [2.75, 3.05) is 0 Å². The number of hydrogen-bond acceptors (Lipinski definition) is 2. The van der Waals surface area contributed by atoms with E-state index in [1.54, 1.807) is 37.4 Å². The van der Waals surface area contributed by atoms with Gasteiger partial charge in [-0.15, -0.1) is 0 Å². The molecule has 0 radical (unpaired) electrons. The van der Waals surface area contributed by atoms with Crippen LogP contribution in [0, 0.1) is 19.7 Å². The van der Waals surface area contributed by atoms with Gasteiger partial charge >= 0.3 is 0 Å². The predicted molar refractivity (Wildman–Crippen MR) is 63.5 cm³/mol. The Labute approximate surface area is 99.1 Å². The van der Waals surface area contributed by atoms with Gasteiger partial charge in [0.1, 0.15) is 5.82 Å². The fraction of sp³-hybridized carbons (Fsp3) is 0.143. The van der Waals surface area contributed by atoms with Crippen LogP contribution >= 0.6 is 0 Å². The van der Waals surface area contributed by atoms with Gasteiger partial charge in [0.15, 0.2) is 5.78 Å². The molecule has 1 heterocycles. The van der Waals surface area contributed by atoms with Gasteiger partial charge in [-0.05, 0) is 37.6 Å². The molecule has 0 amide bonds. The van der Waals surface area contributed by atoms with Crippen LogP contribution in [0.1, 0.15) is 27.2 Å². The van der Waals surface area contributed by atoms with Gasteiger partial charge in [-0.25, -0.2) is 4.39 Å². The molecular formula is C14H12FNO. The normalized spacial score (nSPS) is 10.3. The van der Waals surface area contributed by atoms with Crippen molar-refractivity contribution in [2.45, 2.75) is 13.8 Å². The zero-order chi connectivity index (χ0) is 12.4. The highest BCUT2D eigenvalue weighted by atomic mass is 19.1. The SMILES string of the molecule is Cc1cc(C(=O)c2ccc(C)c(F)c2)ccn1. The highest BCUT2D eigenvalue weighted by Crippen LogP contribution is 2.14. The van der Waals surface area contributed by atoms with Crippen LogP contribution in [0.3, 0.4) is 0 Å². The summed E-state index contributed by atoms with van der Waals surface area (Å²) in [5.74, 6) is -0.545. The van der Waals surface area contributed by atoms with Crippen LogP contribution in [0.5, 0.6) is 0 Å². The second-order valence-corrected chi connectivity index (χ2v) is 3.98. The van der Waals surface area contributed by atoms with Gasteiger partial charge in [-0.3, -0.25) is 9.78 Å². The second kappa shape index (κ2) is 4.45. The number of aromatic nitrogens is 1. The van der Waals surface area contributed by atoms with Gasteiger partial charge in [0.25, 0.3) is 0 Å². The maximum atomic E-state index is 13.4. The Balaban J connectivity index is 2.40. The first-order valence-electron chi connectivity index (χ1n) is 5.31. The summed E-state index contributed by atoms with van der Waals surface area (Å²) in [6.07, 6.45) is 1.58. The van der Waals surface area contributed by atoms with Gasteiger partial charge < -0.3 is 0 Å². The lowest BCUT2D eigenvalue weighted by molar-refractivity contribution is 0.103. The number of nitrogens with zero attached hydrogens (tertiary/aromatic N) is 1. The molecule has 17 heavy (non-hydrogen) atoms. The molecule has 2 nitrogen and oxygen atoms in total. The zero-order valence-corrected chi connectivity index (χ0v) is 9.70. The summed E-state index contributed by atoms with van der Waals surface area (Å²) in [4.78, 5) is 16.1. The number of ketones is 1. The van der Waals surface area contributed by atoms with Crippen molar-refractivity contribution in [1.82, 2.24) is 4.98 Å².